The standard InChI is InChI=1S/C25H16Cl2N4O2S/c26-17-5-1-15(2-6-17)22-29-21(14-34-22)24(33)31-12-11-30-23(32)19-9-10-28-13-20(19)25(30,31)16-3-7-18(27)8-4-16/h1-10,13-14H,11-12H2. The summed E-state index contributed by atoms with van der Waals surface area (Å²) < 4.78 is 0. The number of aromatic nitrogens is 2. The maximum Gasteiger partial charge on any atom is 0.275 e. The van der Waals surface area contributed by atoms with Crippen molar-refractivity contribution in [3.8, 4) is 10.6 Å². The van der Waals surface area contributed by atoms with Crippen LogP contribution < -0.4 is 0 Å². The van der Waals surface area contributed by atoms with E-state index < -0.39 is 5.66 Å². The molecule has 0 bridgehead atoms. The van der Waals surface area contributed by atoms with Crippen LogP contribution in [0.25, 0.3) is 10.6 Å². The lowest BCUT2D eigenvalue weighted by molar-refractivity contribution is 0.0371. The van der Waals surface area contributed by atoms with Crippen LogP contribution in [0.3, 0.4) is 0 Å². The number of fused-ring (bicyclic) bond motifs is 3. The molecule has 6 nitrogen and oxygen atoms in total. The summed E-state index contributed by atoms with van der Waals surface area (Å²) in [6.45, 7) is 0.769. The summed E-state index contributed by atoms with van der Waals surface area (Å²) in [5, 5.41) is 3.69. The molecule has 0 aliphatic carbocycles. The molecule has 1 saturated heterocycles. The Morgan fingerprint density at radius 2 is 1.68 bits per heavy atom. The Balaban J connectivity index is 1.48. The second kappa shape index (κ2) is 7.91. The molecule has 0 spiro atoms. The van der Waals surface area contributed by atoms with Crippen molar-refractivity contribution in [2.75, 3.05) is 13.1 Å². The maximum absolute atomic E-state index is 13.9. The average molecular weight is 507 g/mol. The van der Waals surface area contributed by atoms with Crippen molar-refractivity contribution < 1.29 is 9.59 Å². The van der Waals surface area contributed by atoms with Crippen molar-refractivity contribution in [3.05, 3.63) is 105 Å². The van der Waals surface area contributed by atoms with Crippen LogP contribution in [0.2, 0.25) is 10.0 Å². The van der Waals surface area contributed by atoms with Crippen molar-refractivity contribution >= 4 is 46.4 Å². The molecule has 168 valence electrons. The smallest absolute Gasteiger partial charge is 0.275 e. The predicted octanol–water partition coefficient (Wildman–Crippen LogP) is 5.32. The van der Waals surface area contributed by atoms with E-state index in [1.54, 1.807) is 57.9 Å². The van der Waals surface area contributed by atoms with E-state index in [4.69, 9.17) is 23.2 Å². The zero-order valence-corrected chi connectivity index (χ0v) is 19.9. The van der Waals surface area contributed by atoms with Crippen LogP contribution in [0.1, 0.15) is 32.0 Å². The monoisotopic (exact) mass is 506 g/mol. The summed E-state index contributed by atoms with van der Waals surface area (Å²) in [6, 6.07) is 16.3. The van der Waals surface area contributed by atoms with Gasteiger partial charge in [-0.05, 0) is 30.3 Å². The Morgan fingerprint density at radius 3 is 2.41 bits per heavy atom. The zero-order chi connectivity index (χ0) is 23.4. The Kier molecular flexibility index (Phi) is 4.95. The largest absolute Gasteiger partial charge is 0.306 e. The number of amides is 2. The van der Waals surface area contributed by atoms with E-state index in [0.29, 0.717) is 40.0 Å². The fraction of sp³-hybridized carbons (Fsp3) is 0.120. The lowest BCUT2D eigenvalue weighted by atomic mass is 9.91. The fourth-order valence-electron chi connectivity index (χ4n) is 4.85. The molecule has 0 radical (unpaired) electrons. The molecule has 1 atom stereocenters. The van der Waals surface area contributed by atoms with Crippen molar-refractivity contribution in [2.45, 2.75) is 5.66 Å². The lowest BCUT2D eigenvalue weighted by Gasteiger charge is -2.40. The Bertz CT molecular complexity index is 1440. The highest BCUT2D eigenvalue weighted by Gasteiger charge is 2.60. The molecule has 1 fully saturated rings. The lowest BCUT2D eigenvalue weighted by Crippen LogP contribution is -2.51. The third-order valence-electron chi connectivity index (χ3n) is 6.31. The number of carbonyl (C=O) groups is 2. The molecule has 4 heterocycles. The number of hydrogen-bond donors (Lipinski definition) is 0. The van der Waals surface area contributed by atoms with Gasteiger partial charge in [-0.1, -0.05) is 47.5 Å². The van der Waals surface area contributed by atoms with Gasteiger partial charge in [-0.15, -0.1) is 11.3 Å². The number of halogens is 2. The summed E-state index contributed by atoms with van der Waals surface area (Å²) >= 11 is 13.6. The van der Waals surface area contributed by atoms with Gasteiger partial charge in [-0.3, -0.25) is 14.6 Å². The Hall–Kier alpha value is -3.26. The van der Waals surface area contributed by atoms with Crippen LogP contribution in [0.4, 0.5) is 0 Å². The summed E-state index contributed by atoms with van der Waals surface area (Å²) in [6.07, 6.45) is 3.27. The van der Waals surface area contributed by atoms with Gasteiger partial charge in [0.05, 0.1) is 5.56 Å². The van der Waals surface area contributed by atoms with Gasteiger partial charge in [0.2, 0.25) is 0 Å². The van der Waals surface area contributed by atoms with E-state index in [0.717, 1.165) is 16.1 Å². The summed E-state index contributed by atoms with van der Waals surface area (Å²) in [4.78, 5) is 39.7. The normalized spacial score (nSPS) is 18.8. The van der Waals surface area contributed by atoms with E-state index in [-0.39, 0.29) is 11.8 Å². The van der Waals surface area contributed by atoms with Crippen molar-refractivity contribution in [3.63, 3.8) is 0 Å². The first-order valence-electron chi connectivity index (χ1n) is 10.6. The average Bonchev–Trinajstić information content (AvgIpc) is 3.55. The maximum atomic E-state index is 13.9. The molecule has 2 aliphatic heterocycles. The first-order valence-corrected chi connectivity index (χ1v) is 12.2. The van der Waals surface area contributed by atoms with Gasteiger partial charge in [-0.25, -0.2) is 4.98 Å². The van der Waals surface area contributed by atoms with Gasteiger partial charge in [0, 0.05) is 57.6 Å². The summed E-state index contributed by atoms with van der Waals surface area (Å²) in [5.41, 5.74) is 2.11. The highest BCUT2D eigenvalue weighted by Crippen LogP contribution is 2.50. The number of nitrogens with zero attached hydrogens (tertiary/aromatic N) is 4. The van der Waals surface area contributed by atoms with Gasteiger partial charge in [0.15, 0.2) is 5.66 Å². The van der Waals surface area contributed by atoms with Crippen LogP contribution in [-0.2, 0) is 5.66 Å². The minimum Gasteiger partial charge on any atom is -0.306 e. The number of carbonyl (C=O) groups excluding carboxylic acids is 2. The summed E-state index contributed by atoms with van der Waals surface area (Å²) in [5.74, 6) is -0.374. The second-order valence-electron chi connectivity index (χ2n) is 8.06. The van der Waals surface area contributed by atoms with E-state index in [2.05, 4.69) is 9.97 Å². The van der Waals surface area contributed by atoms with Crippen LogP contribution in [0.15, 0.2) is 72.4 Å². The van der Waals surface area contributed by atoms with E-state index in [9.17, 15) is 9.59 Å². The first-order chi connectivity index (χ1) is 16.5. The fourth-order valence-corrected chi connectivity index (χ4v) is 5.90. The van der Waals surface area contributed by atoms with Crippen LogP contribution in [0, 0.1) is 0 Å². The van der Waals surface area contributed by atoms with E-state index in [1.807, 2.05) is 24.3 Å². The predicted molar refractivity (Wildman–Crippen MR) is 131 cm³/mol. The van der Waals surface area contributed by atoms with Crippen molar-refractivity contribution in [1.29, 1.82) is 0 Å². The molecule has 2 amide bonds. The third kappa shape index (κ3) is 3.01. The molecule has 9 heteroatoms. The molecule has 2 aromatic heterocycles. The Labute approximate surface area is 209 Å². The van der Waals surface area contributed by atoms with Gasteiger partial charge in [0.1, 0.15) is 10.7 Å². The van der Waals surface area contributed by atoms with Crippen molar-refractivity contribution in [1.82, 2.24) is 19.8 Å². The van der Waals surface area contributed by atoms with E-state index >= 15 is 0 Å². The topological polar surface area (TPSA) is 66.4 Å². The molecule has 34 heavy (non-hydrogen) atoms. The highest BCUT2D eigenvalue weighted by molar-refractivity contribution is 7.13. The van der Waals surface area contributed by atoms with Gasteiger partial charge < -0.3 is 9.80 Å². The third-order valence-corrected chi connectivity index (χ3v) is 7.70. The van der Waals surface area contributed by atoms with Crippen LogP contribution >= 0.6 is 34.5 Å². The van der Waals surface area contributed by atoms with Gasteiger partial charge in [0.25, 0.3) is 11.8 Å². The highest BCUT2D eigenvalue weighted by atomic mass is 35.5. The molecule has 0 N–H and O–H groups in total. The minimum atomic E-state index is -1.10. The molecule has 1 unspecified atom stereocenters. The van der Waals surface area contributed by atoms with Crippen LogP contribution in [0.5, 0.6) is 0 Å². The Morgan fingerprint density at radius 1 is 0.971 bits per heavy atom. The molecule has 2 aliphatic rings. The second-order valence-corrected chi connectivity index (χ2v) is 9.79. The molecule has 6 rings (SSSR count). The molecular weight excluding hydrogens is 491 g/mol. The molecule has 2 aromatic carbocycles. The number of rotatable bonds is 3. The van der Waals surface area contributed by atoms with E-state index in [1.165, 1.54) is 11.3 Å². The molecule has 4 aromatic rings. The van der Waals surface area contributed by atoms with Crippen LogP contribution in [-0.4, -0.2) is 44.7 Å². The minimum absolute atomic E-state index is 0.122. The van der Waals surface area contributed by atoms with Crippen molar-refractivity contribution in [2.24, 2.45) is 0 Å². The first kappa shape index (κ1) is 21.3. The summed E-state index contributed by atoms with van der Waals surface area (Å²) in [7, 11) is 0. The zero-order valence-electron chi connectivity index (χ0n) is 17.6. The number of hydrogen-bond acceptors (Lipinski definition) is 5. The number of benzene rings is 2. The number of thiazole rings is 1. The SMILES string of the molecule is O=C(c1csc(-c2ccc(Cl)cc2)n1)N1CCN2C(=O)c3ccncc3C12c1ccc(Cl)cc1. The molecule has 0 saturated carbocycles. The van der Waals surface area contributed by atoms with Gasteiger partial charge >= 0.3 is 0 Å². The molecular formula is C25H16Cl2N4O2S. The van der Waals surface area contributed by atoms with Gasteiger partial charge in [-0.2, -0.15) is 0 Å². The number of pyridine rings is 1. The quantitative estimate of drug-likeness (QED) is 0.376.